The lowest BCUT2D eigenvalue weighted by molar-refractivity contribution is -0.150. The second kappa shape index (κ2) is 4.77. The van der Waals surface area contributed by atoms with E-state index in [2.05, 4.69) is 0 Å². The standard InChI is InChI=1S/C16H20O4/c1-3-19-14(17)16-11-5-4-10-15(16,20-16)12-6-8-13(18-2)9-7-12/h6-9H,3-5,10-11H2,1-2H3. The molecule has 0 bridgehead atoms. The molecular formula is C16H20O4. The van der Waals surface area contributed by atoms with Gasteiger partial charge >= 0.3 is 5.97 Å². The van der Waals surface area contributed by atoms with E-state index in [0.717, 1.165) is 37.0 Å². The first-order valence-corrected chi connectivity index (χ1v) is 7.20. The van der Waals surface area contributed by atoms with Crippen LogP contribution in [0.25, 0.3) is 0 Å². The summed E-state index contributed by atoms with van der Waals surface area (Å²) in [5, 5.41) is 0. The maximum atomic E-state index is 12.3. The number of epoxide rings is 1. The van der Waals surface area contributed by atoms with Crippen molar-refractivity contribution in [2.45, 2.75) is 43.8 Å². The molecule has 1 aromatic rings. The van der Waals surface area contributed by atoms with Crippen molar-refractivity contribution in [1.82, 2.24) is 0 Å². The maximum absolute atomic E-state index is 12.3. The highest BCUT2D eigenvalue weighted by molar-refractivity contribution is 5.85. The predicted molar refractivity (Wildman–Crippen MR) is 73.6 cm³/mol. The van der Waals surface area contributed by atoms with E-state index in [1.807, 2.05) is 31.2 Å². The maximum Gasteiger partial charge on any atom is 0.341 e. The van der Waals surface area contributed by atoms with Gasteiger partial charge in [0.25, 0.3) is 0 Å². The Kier molecular flexibility index (Phi) is 3.21. The Bertz CT molecular complexity index is 510. The first-order valence-electron chi connectivity index (χ1n) is 7.20. The lowest BCUT2D eigenvalue weighted by atomic mass is 9.75. The first kappa shape index (κ1) is 13.4. The second-order valence-electron chi connectivity index (χ2n) is 5.41. The summed E-state index contributed by atoms with van der Waals surface area (Å²) >= 11 is 0. The number of methoxy groups -OCH3 is 1. The van der Waals surface area contributed by atoms with Crippen molar-refractivity contribution in [2.75, 3.05) is 13.7 Å². The number of fused-ring (bicyclic) bond motifs is 1. The zero-order valence-electron chi connectivity index (χ0n) is 12.0. The van der Waals surface area contributed by atoms with E-state index in [1.54, 1.807) is 7.11 Å². The van der Waals surface area contributed by atoms with Crippen molar-refractivity contribution in [1.29, 1.82) is 0 Å². The monoisotopic (exact) mass is 276 g/mol. The molecule has 0 radical (unpaired) electrons. The average molecular weight is 276 g/mol. The van der Waals surface area contributed by atoms with Crippen LogP contribution in [0.15, 0.2) is 24.3 Å². The van der Waals surface area contributed by atoms with E-state index in [0.29, 0.717) is 6.61 Å². The lowest BCUT2D eigenvalue weighted by Gasteiger charge is -2.23. The van der Waals surface area contributed by atoms with Crippen LogP contribution in [0.3, 0.4) is 0 Å². The van der Waals surface area contributed by atoms with Crippen LogP contribution in [0, 0.1) is 0 Å². The molecule has 2 atom stereocenters. The fraction of sp³-hybridized carbons (Fsp3) is 0.562. The van der Waals surface area contributed by atoms with Gasteiger partial charge in [0, 0.05) is 0 Å². The topological polar surface area (TPSA) is 48.1 Å². The van der Waals surface area contributed by atoms with Crippen molar-refractivity contribution in [2.24, 2.45) is 0 Å². The van der Waals surface area contributed by atoms with Gasteiger partial charge < -0.3 is 14.2 Å². The summed E-state index contributed by atoms with van der Waals surface area (Å²) in [6.07, 6.45) is 3.71. The summed E-state index contributed by atoms with van der Waals surface area (Å²) < 4.78 is 16.4. The zero-order valence-corrected chi connectivity index (χ0v) is 12.0. The molecule has 0 N–H and O–H groups in total. The molecule has 0 spiro atoms. The Morgan fingerprint density at radius 3 is 2.60 bits per heavy atom. The second-order valence-corrected chi connectivity index (χ2v) is 5.41. The molecule has 2 fully saturated rings. The number of ether oxygens (including phenoxy) is 3. The summed E-state index contributed by atoms with van der Waals surface area (Å²) in [6, 6.07) is 7.81. The van der Waals surface area contributed by atoms with E-state index in [9.17, 15) is 4.79 Å². The molecule has 2 aliphatic rings. The van der Waals surface area contributed by atoms with Crippen molar-refractivity contribution >= 4 is 5.97 Å². The van der Waals surface area contributed by atoms with E-state index in [4.69, 9.17) is 14.2 Å². The zero-order chi connectivity index (χ0) is 14.2. The number of esters is 1. The smallest absolute Gasteiger partial charge is 0.341 e. The van der Waals surface area contributed by atoms with Gasteiger partial charge in [-0.1, -0.05) is 12.1 Å². The Balaban J connectivity index is 1.92. The molecule has 20 heavy (non-hydrogen) atoms. The molecule has 1 saturated heterocycles. The molecule has 4 heteroatoms. The molecule has 0 amide bonds. The highest BCUT2D eigenvalue weighted by Gasteiger charge is 2.76. The fourth-order valence-electron chi connectivity index (χ4n) is 3.38. The van der Waals surface area contributed by atoms with Crippen LogP contribution in [-0.4, -0.2) is 25.3 Å². The first-order chi connectivity index (χ1) is 9.68. The molecule has 1 saturated carbocycles. The van der Waals surface area contributed by atoms with Crippen LogP contribution in [0.2, 0.25) is 0 Å². The molecule has 108 valence electrons. The molecule has 4 nitrogen and oxygen atoms in total. The number of hydrogen-bond donors (Lipinski definition) is 0. The lowest BCUT2D eigenvalue weighted by Crippen LogP contribution is -2.37. The van der Waals surface area contributed by atoms with Crippen molar-refractivity contribution in [3.63, 3.8) is 0 Å². The Hall–Kier alpha value is -1.55. The quantitative estimate of drug-likeness (QED) is 0.626. The van der Waals surface area contributed by atoms with Crippen molar-refractivity contribution in [3.8, 4) is 5.75 Å². The molecule has 0 aromatic heterocycles. The van der Waals surface area contributed by atoms with Gasteiger partial charge in [-0.2, -0.15) is 0 Å². The van der Waals surface area contributed by atoms with Crippen LogP contribution in [0.5, 0.6) is 5.75 Å². The van der Waals surface area contributed by atoms with Gasteiger partial charge in [0.05, 0.1) is 13.7 Å². The number of carbonyl (C=O) groups excluding carboxylic acids is 1. The Morgan fingerprint density at radius 2 is 1.95 bits per heavy atom. The Labute approximate surface area is 119 Å². The fourth-order valence-corrected chi connectivity index (χ4v) is 3.38. The molecule has 3 rings (SSSR count). The van der Waals surface area contributed by atoms with Gasteiger partial charge in [-0.05, 0) is 50.3 Å². The van der Waals surface area contributed by atoms with Crippen LogP contribution < -0.4 is 4.74 Å². The summed E-state index contributed by atoms with van der Waals surface area (Å²) in [6.45, 7) is 2.22. The third-order valence-electron chi connectivity index (χ3n) is 4.43. The number of rotatable bonds is 4. The average Bonchev–Trinajstić information content (AvgIpc) is 3.20. The highest BCUT2D eigenvalue weighted by Crippen LogP contribution is 2.64. The molecule has 1 aliphatic carbocycles. The SMILES string of the molecule is CCOC(=O)C12CCCCC1(c1ccc(OC)cc1)O2. The summed E-state index contributed by atoms with van der Waals surface area (Å²) in [7, 11) is 1.64. The van der Waals surface area contributed by atoms with E-state index >= 15 is 0 Å². The Morgan fingerprint density at radius 1 is 1.25 bits per heavy atom. The normalized spacial score (nSPS) is 31.3. The summed E-state index contributed by atoms with van der Waals surface area (Å²) in [5.41, 5.74) is -0.189. The van der Waals surface area contributed by atoms with Gasteiger partial charge in [-0.3, -0.25) is 0 Å². The number of hydrogen-bond acceptors (Lipinski definition) is 4. The summed E-state index contributed by atoms with van der Waals surface area (Å²) in [4.78, 5) is 12.3. The third kappa shape index (κ3) is 1.74. The molecule has 1 aliphatic heterocycles. The van der Waals surface area contributed by atoms with Gasteiger partial charge in [0.2, 0.25) is 0 Å². The van der Waals surface area contributed by atoms with Crippen molar-refractivity contribution in [3.05, 3.63) is 29.8 Å². The van der Waals surface area contributed by atoms with Gasteiger partial charge in [-0.15, -0.1) is 0 Å². The van der Waals surface area contributed by atoms with E-state index in [1.165, 1.54) is 0 Å². The van der Waals surface area contributed by atoms with Crippen molar-refractivity contribution < 1.29 is 19.0 Å². The van der Waals surface area contributed by atoms with E-state index < -0.39 is 11.2 Å². The summed E-state index contributed by atoms with van der Waals surface area (Å²) in [5.74, 6) is 0.596. The predicted octanol–water partition coefficient (Wildman–Crippen LogP) is 2.80. The molecule has 1 aromatic carbocycles. The number of carbonyl (C=O) groups is 1. The van der Waals surface area contributed by atoms with E-state index in [-0.39, 0.29) is 5.97 Å². The molecular weight excluding hydrogens is 256 g/mol. The minimum absolute atomic E-state index is 0.212. The highest BCUT2D eigenvalue weighted by atomic mass is 16.7. The van der Waals surface area contributed by atoms with Crippen LogP contribution >= 0.6 is 0 Å². The molecule has 1 heterocycles. The van der Waals surface area contributed by atoms with Gasteiger partial charge in [0.15, 0.2) is 5.60 Å². The van der Waals surface area contributed by atoms with Crippen LogP contribution in [-0.2, 0) is 19.9 Å². The number of benzene rings is 1. The largest absolute Gasteiger partial charge is 0.497 e. The minimum Gasteiger partial charge on any atom is -0.497 e. The molecule has 2 unspecified atom stereocenters. The van der Waals surface area contributed by atoms with Crippen LogP contribution in [0.4, 0.5) is 0 Å². The minimum atomic E-state index is -0.754. The third-order valence-corrected chi connectivity index (χ3v) is 4.43. The van der Waals surface area contributed by atoms with Crippen LogP contribution in [0.1, 0.15) is 38.2 Å². The van der Waals surface area contributed by atoms with Gasteiger partial charge in [0.1, 0.15) is 11.4 Å². The van der Waals surface area contributed by atoms with Gasteiger partial charge in [-0.25, -0.2) is 4.79 Å².